The Balaban J connectivity index is 0.783. The van der Waals surface area contributed by atoms with E-state index in [1.807, 2.05) is 88.0 Å². The minimum absolute atomic E-state index is 0.0215. The maximum Gasteiger partial charge on any atom is 0.308 e. The van der Waals surface area contributed by atoms with Gasteiger partial charge in [-0.15, -0.1) is 32.9 Å². The van der Waals surface area contributed by atoms with Crippen molar-refractivity contribution < 1.29 is 38.2 Å². The molecule has 2 saturated heterocycles. The summed E-state index contributed by atoms with van der Waals surface area (Å²) in [5.74, 6) is 0.167. The number of nitrogens with one attached hydrogen (secondary N) is 2. The van der Waals surface area contributed by atoms with Crippen LogP contribution in [0.25, 0.3) is 26.4 Å². The number of likely N-dealkylation sites (tertiary alicyclic amines) is 1. The second kappa shape index (κ2) is 20.5. The topological polar surface area (TPSA) is 207 Å². The van der Waals surface area contributed by atoms with Crippen LogP contribution in [-0.4, -0.2) is 110 Å². The molecule has 2 fully saturated rings. The number of aliphatic hydroxyl groups is 1. The number of furan rings is 1. The second-order valence-corrected chi connectivity index (χ2v) is 22.9. The van der Waals surface area contributed by atoms with Crippen LogP contribution in [0, 0.1) is 33.1 Å². The highest BCUT2D eigenvalue weighted by Gasteiger charge is 2.45. The lowest BCUT2D eigenvalue weighted by molar-refractivity contribution is -0.142. The van der Waals surface area contributed by atoms with Crippen molar-refractivity contribution in [1.82, 2.24) is 35.3 Å². The Labute approximate surface area is 443 Å². The van der Waals surface area contributed by atoms with Gasteiger partial charge in [0.1, 0.15) is 46.4 Å². The molecule has 6 atom stereocenters. The van der Waals surface area contributed by atoms with E-state index in [1.165, 1.54) is 16.9 Å². The van der Waals surface area contributed by atoms with Crippen molar-refractivity contribution in [3.63, 3.8) is 0 Å². The van der Waals surface area contributed by atoms with E-state index in [-0.39, 0.29) is 49.2 Å². The van der Waals surface area contributed by atoms with E-state index in [0.29, 0.717) is 29.1 Å². The summed E-state index contributed by atoms with van der Waals surface area (Å²) in [4.78, 5) is 70.3. The molecule has 3 aromatic carbocycles. The highest BCUT2D eigenvalue weighted by atomic mass is 32.1. The largest absolute Gasteiger partial charge is 0.488 e. The zero-order valence-corrected chi connectivity index (χ0v) is 45.1. The number of thiophene rings is 1. The summed E-state index contributed by atoms with van der Waals surface area (Å²) in [6, 6.07) is 20.4. The molecule has 75 heavy (non-hydrogen) atoms. The average Bonchev–Trinajstić information content (AvgIpc) is 4.28. The number of nitrogens with zero attached hydrogens (tertiary/aromatic N) is 7. The molecule has 3 aliphatic rings. The fraction of sp³-hybridized carbons (Fsp3) is 0.393. The Morgan fingerprint density at radius 3 is 2.39 bits per heavy atom. The molecule has 3 aliphatic heterocycles. The van der Waals surface area contributed by atoms with Gasteiger partial charge in [-0.3, -0.25) is 28.7 Å². The Hall–Kier alpha value is -7.22. The van der Waals surface area contributed by atoms with E-state index >= 15 is 0 Å². The van der Waals surface area contributed by atoms with Crippen LogP contribution in [0.1, 0.15) is 114 Å². The van der Waals surface area contributed by atoms with E-state index in [0.717, 1.165) is 73.6 Å². The van der Waals surface area contributed by atoms with Gasteiger partial charge in [0.25, 0.3) is 5.91 Å². The number of aryl methyl sites for hydroxylation is 3. The maximum atomic E-state index is 14.4. The van der Waals surface area contributed by atoms with Crippen molar-refractivity contribution >= 4 is 68.7 Å². The van der Waals surface area contributed by atoms with Crippen molar-refractivity contribution in [3.8, 4) is 21.2 Å². The number of thiazole rings is 1. The number of benzene rings is 3. The summed E-state index contributed by atoms with van der Waals surface area (Å²) in [5.41, 5.74) is 9.30. The zero-order chi connectivity index (χ0) is 53.0. The van der Waals surface area contributed by atoms with Crippen LogP contribution in [0.2, 0.25) is 0 Å². The quantitative estimate of drug-likeness (QED) is 0.0930. The number of aliphatic imine (C=N–C) groups is 1. The molecule has 7 heterocycles. The lowest BCUT2D eigenvalue weighted by Crippen LogP contribution is -2.57. The monoisotopic (exact) mass is 1050 g/mol. The van der Waals surface area contributed by atoms with Crippen molar-refractivity contribution in [3.05, 3.63) is 129 Å². The number of hydrogen-bond donors (Lipinski definition) is 3. The Kier molecular flexibility index (Phi) is 14.0. The first-order valence-corrected chi connectivity index (χ1v) is 26.9. The third-order valence-electron chi connectivity index (χ3n) is 14.5. The second-order valence-electron chi connectivity index (χ2n) is 20.8. The maximum absolute atomic E-state index is 14.4. The molecular formula is C56H61N9O8S2. The summed E-state index contributed by atoms with van der Waals surface area (Å²) < 4.78 is 19.6. The molecule has 19 heteroatoms. The van der Waals surface area contributed by atoms with E-state index in [1.54, 1.807) is 34.8 Å². The molecule has 4 aromatic heterocycles. The molecule has 2 unspecified atom stereocenters. The number of amides is 3. The Morgan fingerprint density at radius 1 is 0.933 bits per heavy atom. The number of aliphatic hydroxyl groups excluding tert-OH is 1. The molecular weight excluding hydrogens is 991 g/mol. The molecule has 3 amide bonds. The van der Waals surface area contributed by atoms with Crippen LogP contribution in [0.5, 0.6) is 5.75 Å². The predicted octanol–water partition coefficient (Wildman–Crippen LogP) is 8.53. The lowest BCUT2D eigenvalue weighted by Gasteiger charge is -2.35. The number of carbonyl (C=O) groups excluding carboxylic acids is 4. The van der Waals surface area contributed by atoms with Crippen molar-refractivity contribution in [2.45, 2.75) is 111 Å². The number of fused-ring (bicyclic) bond motifs is 4. The van der Waals surface area contributed by atoms with E-state index < -0.39 is 41.5 Å². The molecule has 3 N–H and O–H groups in total. The van der Waals surface area contributed by atoms with Gasteiger partial charge in [-0.25, -0.2) is 4.98 Å². The molecule has 10 rings (SSSR count). The number of rotatable bonds is 13. The number of ether oxygens (including phenoxy) is 2. The predicted molar refractivity (Wildman–Crippen MR) is 288 cm³/mol. The highest BCUT2D eigenvalue weighted by molar-refractivity contribution is 7.15. The Bertz CT molecular complexity index is 3350. The minimum atomic E-state index is -1.05. The number of aromatic nitrogens is 4. The van der Waals surface area contributed by atoms with Crippen LogP contribution in [0.3, 0.4) is 0 Å². The van der Waals surface area contributed by atoms with Gasteiger partial charge in [0.05, 0.1) is 54.0 Å². The summed E-state index contributed by atoms with van der Waals surface area (Å²) in [6.45, 7) is 16.9. The number of anilines is 1. The Morgan fingerprint density at radius 2 is 1.68 bits per heavy atom. The molecule has 0 bridgehead atoms. The summed E-state index contributed by atoms with van der Waals surface area (Å²) in [7, 11) is 1.38. The van der Waals surface area contributed by atoms with Crippen molar-refractivity contribution in [2.24, 2.45) is 10.4 Å². The van der Waals surface area contributed by atoms with Crippen LogP contribution >= 0.6 is 22.7 Å². The molecule has 0 spiro atoms. The van der Waals surface area contributed by atoms with Crippen LogP contribution < -0.4 is 20.3 Å². The minimum Gasteiger partial charge on any atom is -0.488 e. The van der Waals surface area contributed by atoms with Crippen molar-refractivity contribution in [1.29, 1.82) is 0 Å². The molecule has 390 valence electrons. The SMILES string of the molecule is COC(=O)C[C@@H]1N=C(c2ccc(N3CCC(Oc4ccc5oc(C(=O)NC(C(=O)N6C[C@H](O)C[C@H]6C(=O)N[C@@H](C)c6ccc(-c7scnc7C)cc6)C(C)(C)C)cc5c4)C3)cc2)c2c(sc(C)c2C)-n2c(C)nnc21. The first kappa shape index (κ1) is 51.3. The zero-order valence-electron chi connectivity index (χ0n) is 43.5. The average molecular weight is 1050 g/mol. The normalized spacial score (nSPS) is 19.3. The van der Waals surface area contributed by atoms with Crippen LogP contribution in [-0.2, 0) is 19.1 Å². The lowest BCUT2D eigenvalue weighted by atomic mass is 9.85. The fourth-order valence-electron chi connectivity index (χ4n) is 10.3. The molecule has 0 saturated carbocycles. The number of carbonyl (C=O) groups is 4. The smallest absolute Gasteiger partial charge is 0.308 e. The third kappa shape index (κ3) is 10.2. The van der Waals surface area contributed by atoms with Crippen molar-refractivity contribution in [2.75, 3.05) is 31.6 Å². The number of methoxy groups -OCH3 is 1. The first-order valence-electron chi connectivity index (χ1n) is 25.2. The van der Waals surface area contributed by atoms with Gasteiger partial charge in [0.2, 0.25) is 11.8 Å². The van der Waals surface area contributed by atoms with Gasteiger partial charge in [0, 0.05) is 53.0 Å². The van der Waals surface area contributed by atoms with Crippen LogP contribution in [0.4, 0.5) is 5.69 Å². The summed E-state index contributed by atoms with van der Waals surface area (Å²) in [6.07, 6.45) is -0.127. The first-order chi connectivity index (χ1) is 35.8. The standard InChI is InChI=1S/C56H61N9O8S2/c1-29-32(4)75-55-47(29)48(59-42(25-46(67)71-9)51-62-61-33(5)65(51)55)35-14-16-38(17-15-35)63-21-20-41(27-63)72-40-18-19-44-37(22-40)23-45(73-44)53(69)60-50(56(6,7)8)54(70)64-26-39(66)24-43(64)52(68)58-30(2)34-10-12-36(13-11-34)49-31(3)57-28-74-49/h10-19,22-23,28,30,39,41-43,50,66H,20-21,24-27H2,1-9H3,(H,58,68)(H,60,69)/t30-,39+,41?,42-,43-,50?/m0/s1. The molecule has 7 aromatic rings. The van der Waals surface area contributed by atoms with Gasteiger partial charge in [-0.05, 0) is 93.1 Å². The number of esters is 1. The fourth-order valence-corrected chi connectivity index (χ4v) is 12.3. The molecule has 0 radical (unpaired) electrons. The molecule has 17 nitrogen and oxygen atoms in total. The van der Waals surface area contributed by atoms with Gasteiger partial charge in [0.15, 0.2) is 11.6 Å². The van der Waals surface area contributed by atoms with Gasteiger partial charge < -0.3 is 39.4 Å². The van der Waals surface area contributed by atoms with Gasteiger partial charge >= 0.3 is 5.97 Å². The molecule has 0 aliphatic carbocycles. The van der Waals surface area contributed by atoms with E-state index in [4.69, 9.17) is 18.9 Å². The van der Waals surface area contributed by atoms with E-state index in [9.17, 15) is 24.3 Å². The highest BCUT2D eigenvalue weighted by Crippen LogP contribution is 2.40. The van der Waals surface area contributed by atoms with Gasteiger partial charge in [-0.1, -0.05) is 57.2 Å². The van der Waals surface area contributed by atoms with Crippen LogP contribution in [0.15, 0.2) is 87.7 Å². The van der Waals surface area contributed by atoms with Gasteiger partial charge in [-0.2, -0.15) is 0 Å². The number of β-amino-alcohol motifs (C(OH)–C–C–N with tert-alkyl or cyclic N) is 1. The summed E-state index contributed by atoms with van der Waals surface area (Å²) in [5, 5.41) is 27.2. The number of hydrogen-bond acceptors (Lipinski definition) is 15. The van der Waals surface area contributed by atoms with E-state index in [2.05, 4.69) is 68.8 Å². The third-order valence-corrected chi connectivity index (χ3v) is 16.7. The summed E-state index contributed by atoms with van der Waals surface area (Å²) >= 11 is 3.24.